The number of amides is 1. The minimum atomic E-state index is -3.74. The molecule has 1 aliphatic rings. The van der Waals surface area contributed by atoms with Crippen molar-refractivity contribution in [2.45, 2.75) is 31.6 Å². The van der Waals surface area contributed by atoms with Gasteiger partial charge in [0, 0.05) is 29.4 Å². The van der Waals surface area contributed by atoms with Crippen LogP contribution in [-0.4, -0.2) is 20.9 Å². The van der Waals surface area contributed by atoms with Crippen molar-refractivity contribution in [3.8, 4) is 0 Å². The van der Waals surface area contributed by atoms with Crippen molar-refractivity contribution in [3.05, 3.63) is 52.5 Å². The van der Waals surface area contributed by atoms with E-state index in [0.29, 0.717) is 29.2 Å². The third-order valence-corrected chi connectivity index (χ3v) is 6.26. The zero-order chi connectivity index (χ0) is 18.2. The van der Waals surface area contributed by atoms with Crippen LogP contribution in [-0.2, 0) is 14.8 Å². The van der Waals surface area contributed by atoms with E-state index in [1.165, 1.54) is 6.07 Å². The molecule has 1 N–H and O–H groups in total. The Labute approximate surface area is 152 Å². The summed E-state index contributed by atoms with van der Waals surface area (Å²) in [6.45, 7) is 4.24. The van der Waals surface area contributed by atoms with Crippen LogP contribution < -0.4 is 9.62 Å². The molecule has 3 rings (SSSR count). The summed E-state index contributed by atoms with van der Waals surface area (Å²) in [5, 5.41) is 0.405. The summed E-state index contributed by atoms with van der Waals surface area (Å²) in [6.07, 6.45) is 1.41. The summed E-state index contributed by atoms with van der Waals surface area (Å²) < 4.78 is 27.9. The molecule has 1 heterocycles. The van der Waals surface area contributed by atoms with E-state index in [2.05, 4.69) is 4.72 Å². The number of anilines is 2. The van der Waals surface area contributed by atoms with Crippen molar-refractivity contribution < 1.29 is 13.2 Å². The highest BCUT2D eigenvalue weighted by molar-refractivity contribution is 7.92. The Morgan fingerprint density at radius 2 is 1.92 bits per heavy atom. The fourth-order valence-corrected chi connectivity index (χ4v) is 4.56. The van der Waals surface area contributed by atoms with Crippen LogP contribution in [0.25, 0.3) is 0 Å². The molecular weight excluding hydrogens is 360 g/mol. The smallest absolute Gasteiger partial charge is 0.262 e. The summed E-state index contributed by atoms with van der Waals surface area (Å²) in [4.78, 5) is 13.8. The molecule has 25 heavy (non-hydrogen) atoms. The van der Waals surface area contributed by atoms with Gasteiger partial charge >= 0.3 is 0 Å². The van der Waals surface area contributed by atoms with Gasteiger partial charge in [0.05, 0.1) is 4.90 Å². The molecular formula is C18H19ClN2O3S. The highest BCUT2D eigenvalue weighted by atomic mass is 35.5. The average Bonchev–Trinajstić information content (AvgIpc) is 2.95. The number of aryl methyl sites for hydroxylation is 1. The van der Waals surface area contributed by atoms with Gasteiger partial charge in [0.25, 0.3) is 10.0 Å². The van der Waals surface area contributed by atoms with Crippen LogP contribution in [0, 0.1) is 13.8 Å². The Morgan fingerprint density at radius 3 is 2.56 bits per heavy atom. The molecule has 0 atom stereocenters. The molecule has 0 unspecified atom stereocenters. The van der Waals surface area contributed by atoms with E-state index in [1.54, 1.807) is 42.2 Å². The zero-order valence-corrected chi connectivity index (χ0v) is 15.6. The summed E-state index contributed by atoms with van der Waals surface area (Å²) in [7, 11) is -3.74. The van der Waals surface area contributed by atoms with E-state index in [-0.39, 0.29) is 10.8 Å². The van der Waals surface area contributed by atoms with E-state index in [0.717, 1.165) is 17.7 Å². The SMILES string of the molecule is Cc1cc(NS(=O)(=O)c2cccc(Cl)c2C)ccc1N1CCCC1=O. The maximum atomic E-state index is 12.6. The Hall–Kier alpha value is -2.05. The van der Waals surface area contributed by atoms with Crippen LogP contribution in [0.4, 0.5) is 11.4 Å². The van der Waals surface area contributed by atoms with Gasteiger partial charge in [-0.05, 0) is 61.7 Å². The van der Waals surface area contributed by atoms with Gasteiger partial charge in [-0.25, -0.2) is 8.42 Å². The number of hydrogen-bond donors (Lipinski definition) is 1. The second kappa shape index (κ2) is 6.69. The first-order chi connectivity index (χ1) is 11.8. The van der Waals surface area contributed by atoms with Crippen molar-refractivity contribution in [2.75, 3.05) is 16.2 Å². The number of carbonyl (C=O) groups is 1. The van der Waals surface area contributed by atoms with Gasteiger partial charge in [-0.2, -0.15) is 0 Å². The molecule has 1 fully saturated rings. The minimum absolute atomic E-state index is 0.103. The molecule has 132 valence electrons. The monoisotopic (exact) mass is 378 g/mol. The lowest BCUT2D eigenvalue weighted by Crippen LogP contribution is -2.24. The van der Waals surface area contributed by atoms with Gasteiger partial charge in [0.2, 0.25) is 5.91 Å². The molecule has 0 saturated carbocycles. The maximum absolute atomic E-state index is 12.6. The Kier molecular flexibility index (Phi) is 4.75. The van der Waals surface area contributed by atoms with Gasteiger partial charge in [-0.3, -0.25) is 9.52 Å². The first kappa shape index (κ1) is 17.8. The van der Waals surface area contributed by atoms with Gasteiger partial charge in [0.1, 0.15) is 0 Å². The van der Waals surface area contributed by atoms with E-state index in [1.807, 2.05) is 6.92 Å². The summed E-state index contributed by atoms with van der Waals surface area (Å²) in [5.74, 6) is 0.103. The van der Waals surface area contributed by atoms with Gasteiger partial charge in [-0.1, -0.05) is 17.7 Å². The highest BCUT2D eigenvalue weighted by Gasteiger charge is 2.24. The first-order valence-corrected chi connectivity index (χ1v) is 9.84. The van der Waals surface area contributed by atoms with Crippen LogP contribution in [0.3, 0.4) is 0 Å². The number of nitrogens with zero attached hydrogens (tertiary/aromatic N) is 1. The van der Waals surface area contributed by atoms with Crippen molar-refractivity contribution in [3.63, 3.8) is 0 Å². The third-order valence-electron chi connectivity index (χ3n) is 4.32. The first-order valence-electron chi connectivity index (χ1n) is 7.98. The fraction of sp³-hybridized carbons (Fsp3) is 0.278. The normalized spacial score (nSPS) is 14.8. The highest BCUT2D eigenvalue weighted by Crippen LogP contribution is 2.29. The molecule has 1 aliphatic heterocycles. The lowest BCUT2D eigenvalue weighted by atomic mass is 10.1. The van der Waals surface area contributed by atoms with Crippen LogP contribution in [0.2, 0.25) is 5.02 Å². The number of hydrogen-bond acceptors (Lipinski definition) is 3. The predicted octanol–water partition coefficient (Wildman–Crippen LogP) is 3.88. The van der Waals surface area contributed by atoms with E-state index in [4.69, 9.17) is 11.6 Å². The summed E-state index contributed by atoms with van der Waals surface area (Å²) in [5.41, 5.74) is 2.63. The lowest BCUT2D eigenvalue weighted by molar-refractivity contribution is -0.117. The van der Waals surface area contributed by atoms with Crippen LogP contribution in [0.1, 0.15) is 24.0 Å². The second-order valence-corrected chi connectivity index (χ2v) is 8.18. The van der Waals surface area contributed by atoms with Gasteiger partial charge < -0.3 is 4.90 Å². The second-order valence-electron chi connectivity index (χ2n) is 6.12. The van der Waals surface area contributed by atoms with Crippen molar-refractivity contribution in [2.24, 2.45) is 0 Å². The number of sulfonamides is 1. The molecule has 2 aromatic carbocycles. The molecule has 0 spiro atoms. The van der Waals surface area contributed by atoms with Gasteiger partial charge in [0.15, 0.2) is 0 Å². The molecule has 0 aliphatic carbocycles. The molecule has 0 aromatic heterocycles. The van der Waals surface area contributed by atoms with Crippen molar-refractivity contribution in [1.82, 2.24) is 0 Å². The summed E-state index contributed by atoms with van der Waals surface area (Å²) >= 11 is 6.03. The Bertz CT molecular complexity index is 941. The molecule has 0 bridgehead atoms. The van der Waals surface area contributed by atoms with Crippen molar-refractivity contribution >= 4 is 38.9 Å². The van der Waals surface area contributed by atoms with E-state index < -0.39 is 10.0 Å². The van der Waals surface area contributed by atoms with Crippen LogP contribution in [0.5, 0.6) is 0 Å². The number of benzene rings is 2. The summed E-state index contributed by atoms with van der Waals surface area (Å²) in [6, 6.07) is 9.97. The van der Waals surface area contributed by atoms with E-state index in [9.17, 15) is 13.2 Å². The quantitative estimate of drug-likeness (QED) is 0.877. The predicted molar refractivity (Wildman–Crippen MR) is 99.8 cm³/mol. The Balaban J connectivity index is 1.89. The minimum Gasteiger partial charge on any atom is -0.312 e. The van der Waals surface area contributed by atoms with Gasteiger partial charge in [-0.15, -0.1) is 0 Å². The molecule has 1 saturated heterocycles. The third kappa shape index (κ3) is 3.50. The largest absolute Gasteiger partial charge is 0.312 e. The number of nitrogens with one attached hydrogen (secondary N) is 1. The topological polar surface area (TPSA) is 66.5 Å². The Morgan fingerprint density at radius 1 is 1.16 bits per heavy atom. The molecule has 7 heteroatoms. The number of rotatable bonds is 4. The standard InChI is InChI=1S/C18H19ClN2O3S/c1-12-11-14(8-9-16(12)21-10-4-7-18(21)22)20-25(23,24)17-6-3-5-15(19)13(17)2/h3,5-6,8-9,11,20H,4,7,10H2,1-2H3. The van der Waals surface area contributed by atoms with E-state index >= 15 is 0 Å². The number of carbonyl (C=O) groups excluding carboxylic acids is 1. The molecule has 0 radical (unpaired) electrons. The fourth-order valence-electron chi connectivity index (χ4n) is 3.01. The van der Waals surface area contributed by atoms with Crippen LogP contribution >= 0.6 is 11.6 Å². The molecule has 5 nitrogen and oxygen atoms in total. The average molecular weight is 379 g/mol. The molecule has 2 aromatic rings. The maximum Gasteiger partial charge on any atom is 0.262 e. The van der Waals surface area contributed by atoms with Crippen molar-refractivity contribution in [1.29, 1.82) is 0 Å². The molecule has 1 amide bonds. The number of halogens is 1. The van der Waals surface area contributed by atoms with Crippen LogP contribution in [0.15, 0.2) is 41.3 Å². The zero-order valence-electron chi connectivity index (χ0n) is 14.0. The lowest BCUT2D eigenvalue weighted by Gasteiger charge is -2.19.